The highest BCUT2D eigenvalue weighted by Gasteiger charge is 2.20. The number of ether oxygens (including phenoxy) is 1. The Kier molecular flexibility index (Phi) is 3.47. The first-order valence-corrected chi connectivity index (χ1v) is 5.45. The first kappa shape index (κ1) is 12.4. The van der Waals surface area contributed by atoms with Crippen LogP contribution in [0.25, 0.3) is 0 Å². The van der Waals surface area contributed by atoms with Crippen LogP contribution in [0.2, 0.25) is 0 Å². The molecule has 92 valence electrons. The van der Waals surface area contributed by atoms with Crippen molar-refractivity contribution in [2.45, 2.75) is 0 Å². The molecule has 1 heterocycles. The van der Waals surface area contributed by atoms with E-state index in [0.717, 1.165) is 12.1 Å². The average molecular weight is 314 g/mol. The molecule has 1 aromatic heterocycles. The Morgan fingerprint density at radius 2 is 2.17 bits per heavy atom. The number of aromatic nitrogens is 2. The van der Waals surface area contributed by atoms with Crippen molar-refractivity contribution in [3.8, 4) is 11.6 Å². The number of nitro benzene ring substituents is 1. The lowest BCUT2D eigenvalue weighted by Crippen LogP contribution is -1.97. The van der Waals surface area contributed by atoms with Crippen molar-refractivity contribution < 1.29 is 14.1 Å². The molecule has 0 aliphatic heterocycles. The fourth-order valence-electron chi connectivity index (χ4n) is 1.22. The van der Waals surface area contributed by atoms with E-state index in [4.69, 9.17) is 4.74 Å². The smallest absolute Gasteiger partial charge is 0.314 e. The molecule has 6 nitrogen and oxygen atoms in total. The minimum absolute atomic E-state index is 0.00470. The molecule has 0 atom stereocenters. The van der Waals surface area contributed by atoms with Crippen molar-refractivity contribution >= 4 is 21.6 Å². The Hall–Kier alpha value is -2.09. The third-order valence-corrected chi connectivity index (χ3v) is 2.39. The number of hydrogen-bond donors (Lipinski definition) is 0. The second kappa shape index (κ2) is 5.05. The van der Waals surface area contributed by atoms with Gasteiger partial charge < -0.3 is 4.74 Å². The van der Waals surface area contributed by atoms with Gasteiger partial charge in [0, 0.05) is 12.1 Å². The van der Waals surface area contributed by atoms with E-state index < -0.39 is 22.2 Å². The summed E-state index contributed by atoms with van der Waals surface area (Å²) < 4.78 is 19.0. The second-order valence-corrected chi connectivity index (χ2v) is 3.94. The van der Waals surface area contributed by atoms with Gasteiger partial charge in [0.05, 0.1) is 4.92 Å². The molecule has 0 bridgehead atoms. The lowest BCUT2D eigenvalue weighted by molar-refractivity contribution is -0.385. The largest absolute Gasteiger partial charge is 0.428 e. The van der Waals surface area contributed by atoms with E-state index in [0.29, 0.717) is 4.60 Å². The van der Waals surface area contributed by atoms with Gasteiger partial charge in [-0.2, -0.15) is 0 Å². The van der Waals surface area contributed by atoms with Crippen molar-refractivity contribution in [1.82, 2.24) is 9.97 Å². The molecule has 0 spiro atoms. The van der Waals surface area contributed by atoms with Gasteiger partial charge in [0.25, 0.3) is 0 Å². The van der Waals surface area contributed by atoms with Crippen LogP contribution in [0.4, 0.5) is 10.1 Å². The molecule has 0 aliphatic carbocycles. The molecule has 0 saturated carbocycles. The third kappa shape index (κ3) is 2.59. The lowest BCUT2D eigenvalue weighted by atomic mass is 10.3. The molecule has 8 heteroatoms. The summed E-state index contributed by atoms with van der Waals surface area (Å²) in [6.07, 6.45) is 1.19. The highest BCUT2D eigenvalue weighted by Crippen LogP contribution is 2.33. The van der Waals surface area contributed by atoms with Crippen LogP contribution in [-0.4, -0.2) is 14.9 Å². The van der Waals surface area contributed by atoms with Gasteiger partial charge in [-0.25, -0.2) is 14.4 Å². The molecule has 2 aromatic rings. The van der Waals surface area contributed by atoms with E-state index in [9.17, 15) is 14.5 Å². The van der Waals surface area contributed by atoms with Gasteiger partial charge in [-0.05, 0) is 22.0 Å². The quantitative estimate of drug-likeness (QED) is 0.494. The van der Waals surface area contributed by atoms with E-state index in [2.05, 4.69) is 25.9 Å². The number of para-hydroxylation sites is 1. The third-order valence-electron chi connectivity index (χ3n) is 1.96. The number of hydrogen-bond acceptors (Lipinski definition) is 5. The van der Waals surface area contributed by atoms with E-state index in [1.54, 1.807) is 0 Å². The predicted octanol–water partition coefficient (Wildman–Crippen LogP) is 3.08. The van der Waals surface area contributed by atoms with Crippen molar-refractivity contribution in [2.75, 3.05) is 0 Å². The van der Waals surface area contributed by atoms with E-state index in [-0.39, 0.29) is 5.88 Å². The molecule has 0 saturated heterocycles. The summed E-state index contributed by atoms with van der Waals surface area (Å²) in [5.74, 6) is -1.31. The van der Waals surface area contributed by atoms with Crippen LogP contribution in [-0.2, 0) is 0 Å². The molecule has 0 unspecified atom stereocenters. The van der Waals surface area contributed by atoms with E-state index in [1.807, 2.05) is 0 Å². The Balaban J connectivity index is 2.42. The lowest BCUT2D eigenvalue weighted by Gasteiger charge is -2.05. The highest BCUT2D eigenvalue weighted by molar-refractivity contribution is 9.10. The Labute approximate surface area is 109 Å². The summed E-state index contributed by atoms with van der Waals surface area (Å²) in [6.45, 7) is 0. The van der Waals surface area contributed by atoms with Crippen molar-refractivity contribution in [3.05, 3.63) is 51.1 Å². The molecule has 0 radical (unpaired) electrons. The highest BCUT2D eigenvalue weighted by atomic mass is 79.9. The molecule has 2 rings (SSSR count). The van der Waals surface area contributed by atoms with E-state index in [1.165, 1.54) is 18.5 Å². The van der Waals surface area contributed by atoms with Gasteiger partial charge in [0.2, 0.25) is 11.6 Å². The summed E-state index contributed by atoms with van der Waals surface area (Å²) in [5.41, 5.74) is -0.468. The van der Waals surface area contributed by atoms with Crippen LogP contribution in [0.15, 0.2) is 35.2 Å². The predicted molar refractivity (Wildman–Crippen MR) is 62.9 cm³/mol. The normalized spacial score (nSPS) is 10.1. The van der Waals surface area contributed by atoms with Crippen molar-refractivity contribution in [2.24, 2.45) is 0 Å². The summed E-state index contributed by atoms with van der Waals surface area (Å²) in [5, 5.41) is 10.7. The molecule has 1 aromatic carbocycles. The molecule has 0 aliphatic rings. The fraction of sp³-hybridized carbons (Fsp3) is 0. The summed E-state index contributed by atoms with van der Waals surface area (Å²) in [6, 6.07) is 4.82. The Morgan fingerprint density at radius 1 is 1.39 bits per heavy atom. The summed E-state index contributed by atoms with van der Waals surface area (Å²) >= 11 is 3.08. The number of halogens is 2. The van der Waals surface area contributed by atoms with E-state index >= 15 is 0 Å². The van der Waals surface area contributed by atoms with Crippen LogP contribution in [0, 0.1) is 15.9 Å². The van der Waals surface area contributed by atoms with Crippen LogP contribution in [0.1, 0.15) is 0 Å². The first-order valence-electron chi connectivity index (χ1n) is 4.66. The van der Waals surface area contributed by atoms with Crippen molar-refractivity contribution in [3.63, 3.8) is 0 Å². The van der Waals surface area contributed by atoms with Gasteiger partial charge in [0.1, 0.15) is 10.9 Å². The fourth-order valence-corrected chi connectivity index (χ4v) is 1.51. The zero-order valence-corrected chi connectivity index (χ0v) is 10.3. The molecular formula is C10H5BrFN3O3. The SMILES string of the molecule is O=[N+]([O-])c1cccc(F)c1Oc1cc(Br)ncn1. The number of nitro groups is 1. The first-order chi connectivity index (χ1) is 8.58. The van der Waals surface area contributed by atoms with Gasteiger partial charge in [0.15, 0.2) is 5.82 Å². The summed E-state index contributed by atoms with van der Waals surface area (Å²) in [4.78, 5) is 17.5. The van der Waals surface area contributed by atoms with Gasteiger partial charge in [-0.3, -0.25) is 10.1 Å². The van der Waals surface area contributed by atoms with Crippen LogP contribution >= 0.6 is 15.9 Å². The topological polar surface area (TPSA) is 78.2 Å². The molecular weight excluding hydrogens is 309 g/mol. The number of rotatable bonds is 3. The summed E-state index contributed by atoms with van der Waals surface area (Å²) in [7, 11) is 0. The van der Waals surface area contributed by atoms with Crippen LogP contribution in [0.5, 0.6) is 11.6 Å². The maximum atomic E-state index is 13.5. The van der Waals surface area contributed by atoms with Crippen LogP contribution in [0.3, 0.4) is 0 Å². The molecule has 18 heavy (non-hydrogen) atoms. The number of nitrogens with zero attached hydrogens (tertiary/aromatic N) is 3. The average Bonchev–Trinajstić information content (AvgIpc) is 2.31. The Bertz CT molecular complexity index is 609. The zero-order valence-electron chi connectivity index (χ0n) is 8.71. The van der Waals surface area contributed by atoms with Crippen molar-refractivity contribution in [1.29, 1.82) is 0 Å². The molecule has 0 amide bonds. The maximum absolute atomic E-state index is 13.5. The molecule has 0 N–H and O–H groups in total. The maximum Gasteiger partial charge on any atom is 0.314 e. The monoisotopic (exact) mass is 313 g/mol. The number of benzene rings is 1. The zero-order chi connectivity index (χ0) is 13.1. The Morgan fingerprint density at radius 3 is 2.83 bits per heavy atom. The van der Waals surface area contributed by atoms with Crippen LogP contribution < -0.4 is 4.74 Å². The minimum atomic E-state index is -0.834. The standard InChI is InChI=1S/C10H5BrFN3O3/c11-8-4-9(14-5-13-8)18-10-6(12)2-1-3-7(10)15(16)17/h1-5H. The minimum Gasteiger partial charge on any atom is -0.428 e. The molecule has 0 fully saturated rings. The second-order valence-electron chi connectivity index (χ2n) is 3.13. The van der Waals surface area contributed by atoms with Gasteiger partial charge in [-0.15, -0.1) is 0 Å². The van der Waals surface area contributed by atoms with Gasteiger partial charge in [-0.1, -0.05) is 6.07 Å². The van der Waals surface area contributed by atoms with Gasteiger partial charge >= 0.3 is 5.69 Å².